The number of fused-ring (bicyclic) bond motifs is 1. The molecule has 1 N–H and O–H groups in total. The summed E-state index contributed by atoms with van der Waals surface area (Å²) < 4.78 is 14.7. The van der Waals surface area contributed by atoms with Crippen LogP contribution < -0.4 is 16.1 Å². The van der Waals surface area contributed by atoms with Gasteiger partial charge in [0.05, 0.1) is 6.54 Å². The summed E-state index contributed by atoms with van der Waals surface area (Å²) in [7, 11) is 0. The van der Waals surface area contributed by atoms with Gasteiger partial charge in [-0.15, -0.1) is 0 Å². The number of hydrogen-bond acceptors (Lipinski definition) is 3. The van der Waals surface area contributed by atoms with Gasteiger partial charge in [0.1, 0.15) is 11.4 Å². The molecule has 0 bridgehead atoms. The van der Waals surface area contributed by atoms with Crippen molar-refractivity contribution in [2.75, 3.05) is 11.4 Å². The number of rotatable bonds is 3. The first-order chi connectivity index (χ1) is 13.1. The van der Waals surface area contributed by atoms with Crippen LogP contribution in [0.2, 0.25) is 0 Å². The minimum Gasteiger partial charge on any atom is -0.313 e. The fourth-order valence-electron chi connectivity index (χ4n) is 3.30. The van der Waals surface area contributed by atoms with Crippen LogP contribution in [0.25, 0.3) is 0 Å². The monoisotopic (exact) mass is 365 g/mol. The SMILES string of the molecule is O=C(c1c[nH]c(=O)n(Cc2ccccc2F)c1=O)N1CCc2ccccc21. The molecule has 1 aromatic heterocycles. The highest BCUT2D eigenvalue weighted by atomic mass is 19.1. The van der Waals surface area contributed by atoms with Crippen molar-refractivity contribution in [3.8, 4) is 0 Å². The van der Waals surface area contributed by atoms with Gasteiger partial charge < -0.3 is 9.88 Å². The van der Waals surface area contributed by atoms with E-state index >= 15 is 0 Å². The summed E-state index contributed by atoms with van der Waals surface area (Å²) in [6.45, 7) is 0.211. The molecule has 0 saturated heterocycles. The number of aromatic nitrogens is 2. The van der Waals surface area contributed by atoms with Gasteiger partial charge in [-0.1, -0.05) is 36.4 Å². The molecular weight excluding hydrogens is 349 g/mol. The van der Waals surface area contributed by atoms with Crippen LogP contribution in [0, 0.1) is 5.82 Å². The van der Waals surface area contributed by atoms with Gasteiger partial charge in [0.15, 0.2) is 0 Å². The average Bonchev–Trinajstić information content (AvgIpc) is 3.10. The predicted molar refractivity (Wildman–Crippen MR) is 98.6 cm³/mol. The number of nitrogens with zero attached hydrogens (tertiary/aromatic N) is 2. The lowest BCUT2D eigenvalue weighted by Gasteiger charge is -2.17. The third-order valence-electron chi connectivity index (χ3n) is 4.71. The third-order valence-corrected chi connectivity index (χ3v) is 4.71. The topological polar surface area (TPSA) is 75.2 Å². The van der Waals surface area contributed by atoms with E-state index in [1.807, 2.05) is 24.3 Å². The van der Waals surface area contributed by atoms with Crippen LogP contribution in [0.4, 0.5) is 10.1 Å². The van der Waals surface area contributed by atoms with Gasteiger partial charge in [-0.05, 0) is 24.1 Å². The summed E-state index contributed by atoms with van der Waals surface area (Å²) >= 11 is 0. The largest absolute Gasteiger partial charge is 0.328 e. The molecule has 3 aromatic rings. The van der Waals surface area contributed by atoms with Crippen molar-refractivity contribution >= 4 is 11.6 Å². The second-order valence-corrected chi connectivity index (χ2v) is 6.33. The standard InChI is InChI=1S/C20H16FN3O3/c21-16-7-3-1-6-14(16)12-24-19(26)15(11-22-20(24)27)18(25)23-10-9-13-5-2-4-8-17(13)23/h1-8,11H,9-10,12H2,(H,22,27). The Hall–Kier alpha value is -3.48. The molecule has 0 atom stereocenters. The van der Waals surface area contributed by atoms with Crippen molar-refractivity contribution in [1.82, 2.24) is 9.55 Å². The zero-order valence-electron chi connectivity index (χ0n) is 14.3. The van der Waals surface area contributed by atoms with E-state index in [-0.39, 0.29) is 17.7 Å². The summed E-state index contributed by atoms with van der Waals surface area (Å²) in [6, 6.07) is 13.4. The zero-order chi connectivity index (χ0) is 19.0. The van der Waals surface area contributed by atoms with E-state index in [0.29, 0.717) is 13.0 Å². The van der Waals surface area contributed by atoms with E-state index in [0.717, 1.165) is 22.0 Å². The molecule has 4 rings (SSSR count). The summed E-state index contributed by atoms with van der Waals surface area (Å²) in [6.07, 6.45) is 1.83. The summed E-state index contributed by atoms with van der Waals surface area (Å²) in [5.74, 6) is -1.00. The highest BCUT2D eigenvalue weighted by Crippen LogP contribution is 2.28. The number of benzene rings is 2. The molecule has 0 aliphatic carbocycles. The number of H-pyrrole nitrogens is 1. The van der Waals surface area contributed by atoms with Gasteiger partial charge >= 0.3 is 5.69 Å². The first kappa shape index (κ1) is 17.0. The molecule has 0 saturated carbocycles. The molecule has 2 aromatic carbocycles. The molecule has 27 heavy (non-hydrogen) atoms. The number of nitrogens with one attached hydrogen (secondary N) is 1. The van der Waals surface area contributed by atoms with Crippen LogP contribution >= 0.6 is 0 Å². The quantitative estimate of drug-likeness (QED) is 0.771. The van der Waals surface area contributed by atoms with Crippen LogP contribution in [-0.2, 0) is 13.0 Å². The number of hydrogen-bond donors (Lipinski definition) is 1. The molecule has 136 valence electrons. The van der Waals surface area contributed by atoms with E-state index in [4.69, 9.17) is 0 Å². The second-order valence-electron chi connectivity index (χ2n) is 6.33. The van der Waals surface area contributed by atoms with Crippen LogP contribution in [0.1, 0.15) is 21.5 Å². The first-order valence-electron chi connectivity index (χ1n) is 8.52. The highest BCUT2D eigenvalue weighted by molar-refractivity contribution is 6.06. The van der Waals surface area contributed by atoms with Crippen LogP contribution in [0.15, 0.2) is 64.3 Å². The van der Waals surface area contributed by atoms with Gasteiger partial charge in [0.25, 0.3) is 11.5 Å². The maximum Gasteiger partial charge on any atom is 0.328 e. The maximum atomic E-state index is 13.9. The van der Waals surface area contributed by atoms with Crippen LogP contribution in [-0.4, -0.2) is 22.0 Å². The van der Waals surface area contributed by atoms with Crippen LogP contribution in [0.5, 0.6) is 0 Å². The van der Waals surface area contributed by atoms with Gasteiger partial charge in [0, 0.05) is 24.0 Å². The Morgan fingerprint density at radius 2 is 1.81 bits per heavy atom. The van der Waals surface area contributed by atoms with E-state index in [1.54, 1.807) is 6.07 Å². The van der Waals surface area contributed by atoms with Crippen molar-refractivity contribution in [3.63, 3.8) is 0 Å². The molecule has 0 unspecified atom stereocenters. The molecule has 1 aliphatic heterocycles. The first-order valence-corrected chi connectivity index (χ1v) is 8.52. The van der Waals surface area contributed by atoms with Gasteiger partial charge in [-0.2, -0.15) is 0 Å². The molecule has 6 nitrogen and oxygen atoms in total. The number of carbonyl (C=O) groups excluding carboxylic acids is 1. The summed E-state index contributed by atoms with van der Waals surface area (Å²) in [4.78, 5) is 41.8. The van der Waals surface area contributed by atoms with Gasteiger partial charge in [-0.25, -0.2) is 9.18 Å². The Balaban J connectivity index is 1.73. The molecule has 2 heterocycles. The molecular formula is C20H16FN3O3. The van der Waals surface area contributed by atoms with Crippen molar-refractivity contribution in [2.45, 2.75) is 13.0 Å². The molecule has 0 spiro atoms. The Bertz CT molecular complexity index is 1150. The number of carbonyl (C=O) groups is 1. The fraction of sp³-hybridized carbons (Fsp3) is 0.150. The number of anilines is 1. The van der Waals surface area contributed by atoms with Crippen molar-refractivity contribution in [1.29, 1.82) is 0 Å². The van der Waals surface area contributed by atoms with E-state index < -0.39 is 23.0 Å². The maximum absolute atomic E-state index is 13.9. The van der Waals surface area contributed by atoms with Crippen molar-refractivity contribution in [3.05, 3.63) is 98.1 Å². The van der Waals surface area contributed by atoms with Crippen molar-refractivity contribution < 1.29 is 9.18 Å². The fourth-order valence-corrected chi connectivity index (χ4v) is 3.30. The molecule has 0 radical (unpaired) electrons. The van der Waals surface area contributed by atoms with E-state index in [9.17, 15) is 18.8 Å². The van der Waals surface area contributed by atoms with Gasteiger partial charge in [0.2, 0.25) is 0 Å². The molecule has 1 aliphatic rings. The number of para-hydroxylation sites is 1. The van der Waals surface area contributed by atoms with E-state index in [2.05, 4.69) is 4.98 Å². The Labute approximate surface area is 153 Å². The Morgan fingerprint density at radius 1 is 1.07 bits per heavy atom. The van der Waals surface area contributed by atoms with Gasteiger partial charge in [-0.3, -0.25) is 14.2 Å². The number of aromatic amines is 1. The van der Waals surface area contributed by atoms with Crippen molar-refractivity contribution in [2.24, 2.45) is 0 Å². The summed E-state index contributed by atoms with van der Waals surface area (Å²) in [5.41, 5.74) is 0.401. The zero-order valence-corrected chi connectivity index (χ0v) is 14.3. The smallest absolute Gasteiger partial charge is 0.313 e. The lowest BCUT2D eigenvalue weighted by molar-refractivity contribution is 0.0987. The Morgan fingerprint density at radius 3 is 2.63 bits per heavy atom. The second kappa shape index (κ2) is 6.68. The highest BCUT2D eigenvalue weighted by Gasteiger charge is 2.27. The summed E-state index contributed by atoms with van der Waals surface area (Å²) in [5, 5.41) is 0. The van der Waals surface area contributed by atoms with E-state index in [1.165, 1.54) is 23.1 Å². The average molecular weight is 365 g/mol. The lowest BCUT2D eigenvalue weighted by Crippen LogP contribution is -2.42. The molecule has 7 heteroatoms. The lowest BCUT2D eigenvalue weighted by atomic mass is 10.2. The predicted octanol–water partition coefficient (Wildman–Crippen LogP) is 1.93. The minimum absolute atomic E-state index is 0.150. The number of halogens is 1. The molecule has 0 fully saturated rings. The van der Waals surface area contributed by atoms with Crippen LogP contribution in [0.3, 0.4) is 0 Å². The number of amides is 1. The molecule has 1 amide bonds. The minimum atomic E-state index is -0.739. The third kappa shape index (κ3) is 2.97. The Kier molecular flexibility index (Phi) is 4.19. The normalized spacial score (nSPS) is 12.9.